The fraction of sp³-hybridized carbons (Fsp3) is 0.182. The third kappa shape index (κ3) is 3.67. The van der Waals surface area contributed by atoms with E-state index in [-0.39, 0.29) is 17.4 Å². The first-order valence-corrected chi connectivity index (χ1v) is 9.26. The molecule has 0 aliphatic carbocycles. The van der Waals surface area contributed by atoms with E-state index in [4.69, 9.17) is 0 Å². The Bertz CT molecular complexity index is 1170. The largest absolute Gasteiger partial charge is 0.341 e. The molecule has 2 aromatic carbocycles. The number of aromatic nitrogens is 2. The molecule has 0 saturated heterocycles. The molecule has 0 saturated carbocycles. The number of rotatable bonds is 3. The van der Waals surface area contributed by atoms with E-state index in [9.17, 15) is 14.4 Å². The maximum Gasteiger partial charge on any atom is 0.253 e. The van der Waals surface area contributed by atoms with E-state index in [0.717, 1.165) is 5.56 Å². The number of benzene rings is 2. The number of amides is 2. The lowest BCUT2D eigenvalue weighted by molar-refractivity contribution is -0.117. The van der Waals surface area contributed by atoms with Gasteiger partial charge in [0.2, 0.25) is 5.91 Å². The number of carbonyl (C=O) groups is 2. The minimum Gasteiger partial charge on any atom is -0.341 e. The number of hydrogen-bond donors (Lipinski definition) is 2. The van der Waals surface area contributed by atoms with Gasteiger partial charge in [0, 0.05) is 42.2 Å². The molecule has 7 heteroatoms. The zero-order valence-corrected chi connectivity index (χ0v) is 16.1. The molecule has 1 aromatic heterocycles. The summed E-state index contributed by atoms with van der Waals surface area (Å²) in [6, 6.07) is 15.8. The molecular weight excluding hydrogens is 368 g/mol. The summed E-state index contributed by atoms with van der Waals surface area (Å²) in [5.41, 5.74) is 2.96. The first-order valence-electron chi connectivity index (χ1n) is 9.26. The van der Waals surface area contributed by atoms with Gasteiger partial charge in [-0.3, -0.25) is 14.4 Å². The fourth-order valence-corrected chi connectivity index (χ4v) is 3.57. The van der Waals surface area contributed by atoms with Gasteiger partial charge < -0.3 is 15.2 Å². The highest BCUT2D eigenvalue weighted by Crippen LogP contribution is 2.29. The van der Waals surface area contributed by atoms with Crippen molar-refractivity contribution < 1.29 is 9.59 Å². The van der Waals surface area contributed by atoms with Crippen molar-refractivity contribution in [1.82, 2.24) is 14.9 Å². The molecule has 3 aromatic rings. The van der Waals surface area contributed by atoms with Gasteiger partial charge in [-0.1, -0.05) is 30.3 Å². The van der Waals surface area contributed by atoms with Crippen molar-refractivity contribution in [1.29, 1.82) is 0 Å². The van der Waals surface area contributed by atoms with Crippen LogP contribution in [0.2, 0.25) is 0 Å². The monoisotopic (exact) mass is 388 g/mol. The van der Waals surface area contributed by atoms with Gasteiger partial charge in [-0.2, -0.15) is 0 Å². The predicted octanol–water partition coefficient (Wildman–Crippen LogP) is 2.55. The van der Waals surface area contributed by atoms with Gasteiger partial charge in [0.15, 0.2) is 0 Å². The molecule has 1 unspecified atom stereocenters. The third-order valence-electron chi connectivity index (χ3n) is 4.96. The number of aryl methyl sites for hydroxylation is 1. The lowest BCUT2D eigenvalue weighted by Gasteiger charge is -2.31. The van der Waals surface area contributed by atoms with Crippen molar-refractivity contribution in [3.05, 3.63) is 81.8 Å². The summed E-state index contributed by atoms with van der Waals surface area (Å²) < 4.78 is 0. The second kappa shape index (κ2) is 7.35. The quantitative estimate of drug-likeness (QED) is 0.721. The summed E-state index contributed by atoms with van der Waals surface area (Å²) in [7, 11) is 1.69. The summed E-state index contributed by atoms with van der Waals surface area (Å²) in [5, 5.41) is 2.93. The number of carbonyl (C=O) groups excluding carboxylic acids is 2. The van der Waals surface area contributed by atoms with Gasteiger partial charge in [-0.15, -0.1) is 0 Å². The second-order valence-electron chi connectivity index (χ2n) is 7.13. The highest BCUT2D eigenvalue weighted by molar-refractivity contribution is 6.03. The summed E-state index contributed by atoms with van der Waals surface area (Å²) >= 11 is 0. The van der Waals surface area contributed by atoms with Gasteiger partial charge in [0.25, 0.3) is 11.5 Å². The van der Waals surface area contributed by atoms with Crippen molar-refractivity contribution in [2.75, 3.05) is 18.9 Å². The molecule has 2 N–H and O–H groups in total. The number of nitrogens with one attached hydrogen (secondary N) is 2. The molecule has 146 valence electrons. The van der Waals surface area contributed by atoms with Gasteiger partial charge in [-0.05, 0) is 30.7 Å². The van der Waals surface area contributed by atoms with E-state index in [2.05, 4.69) is 15.3 Å². The number of likely N-dealkylation sites (N-methyl/N-ethyl adjacent to an activating group) is 1. The summed E-state index contributed by atoms with van der Waals surface area (Å²) in [6.45, 7) is 2.07. The Morgan fingerprint density at radius 1 is 1.14 bits per heavy atom. The molecule has 1 aliphatic heterocycles. The topological polar surface area (TPSA) is 95.2 Å². The molecule has 7 nitrogen and oxygen atoms in total. The van der Waals surface area contributed by atoms with Crippen molar-refractivity contribution in [3.63, 3.8) is 0 Å². The second-order valence-corrected chi connectivity index (χ2v) is 7.13. The summed E-state index contributed by atoms with van der Waals surface area (Å²) in [5.74, 6) is -0.297. The van der Waals surface area contributed by atoms with Crippen LogP contribution in [0.4, 0.5) is 5.69 Å². The van der Waals surface area contributed by atoms with E-state index in [1.165, 1.54) is 6.07 Å². The van der Waals surface area contributed by atoms with Gasteiger partial charge in [0.1, 0.15) is 5.82 Å². The molecule has 29 heavy (non-hydrogen) atoms. The van der Waals surface area contributed by atoms with Crippen LogP contribution >= 0.6 is 0 Å². The maximum absolute atomic E-state index is 13.0. The smallest absolute Gasteiger partial charge is 0.253 e. The van der Waals surface area contributed by atoms with Crippen LogP contribution < -0.4 is 10.9 Å². The van der Waals surface area contributed by atoms with Gasteiger partial charge >= 0.3 is 0 Å². The van der Waals surface area contributed by atoms with Gasteiger partial charge in [-0.25, -0.2) is 4.98 Å². The van der Waals surface area contributed by atoms with Crippen molar-refractivity contribution >= 4 is 17.5 Å². The molecule has 4 rings (SSSR count). The fourth-order valence-electron chi connectivity index (χ4n) is 3.57. The Morgan fingerprint density at radius 3 is 2.72 bits per heavy atom. The molecule has 0 fully saturated rings. The normalized spacial score (nSPS) is 15.7. The van der Waals surface area contributed by atoms with E-state index in [0.29, 0.717) is 34.9 Å². The van der Waals surface area contributed by atoms with E-state index >= 15 is 0 Å². The molecule has 0 spiro atoms. The summed E-state index contributed by atoms with van der Waals surface area (Å²) in [6.07, 6.45) is 0. The highest BCUT2D eigenvalue weighted by Gasteiger charge is 2.33. The molecule has 0 radical (unpaired) electrons. The van der Waals surface area contributed by atoms with Crippen LogP contribution in [0.25, 0.3) is 11.4 Å². The highest BCUT2D eigenvalue weighted by atomic mass is 16.2. The van der Waals surface area contributed by atoms with Gasteiger partial charge in [0.05, 0.1) is 5.92 Å². The minimum atomic E-state index is -0.463. The number of anilines is 1. The van der Waals surface area contributed by atoms with E-state index in [1.54, 1.807) is 49.2 Å². The molecule has 1 aliphatic rings. The molecule has 2 amide bonds. The first-order chi connectivity index (χ1) is 13.9. The van der Waals surface area contributed by atoms with E-state index < -0.39 is 5.92 Å². The van der Waals surface area contributed by atoms with Crippen LogP contribution in [0.1, 0.15) is 27.5 Å². The standard InChI is InChI=1S/C22H20N4O3/c1-13-10-19(27)25-20(23-13)14-6-5-7-15(11-14)24-21(28)18-12-26(2)22(29)17-9-4-3-8-16(17)18/h3-11,18H,12H2,1-2H3,(H,24,28)(H,23,25,27). The SMILES string of the molecule is Cc1cc(=O)[nH]c(-c2cccc(NC(=O)C3CN(C)C(=O)c4ccccc43)c2)n1. The number of fused-ring (bicyclic) bond motifs is 1. The lowest BCUT2D eigenvalue weighted by Crippen LogP contribution is -2.41. The van der Waals surface area contributed by atoms with Crippen LogP contribution in [0.15, 0.2) is 59.4 Å². The molecule has 2 heterocycles. The number of nitrogens with zero attached hydrogens (tertiary/aromatic N) is 2. The molecular formula is C22H20N4O3. The molecule has 1 atom stereocenters. The lowest BCUT2D eigenvalue weighted by atomic mass is 9.89. The van der Waals surface area contributed by atoms with Crippen molar-refractivity contribution in [2.24, 2.45) is 0 Å². The number of hydrogen-bond acceptors (Lipinski definition) is 4. The van der Waals surface area contributed by atoms with Crippen LogP contribution in [0.3, 0.4) is 0 Å². The zero-order valence-electron chi connectivity index (χ0n) is 16.1. The Balaban J connectivity index is 1.62. The number of H-pyrrole nitrogens is 1. The minimum absolute atomic E-state index is 0.0823. The van der Waals surface area contributed by atoms with Crippen LogP contribution in [0.5, 0.6) is 0 Å². The maximum atomic E-state index is 13.0. The Morgan fingerprint density at radius 2 is 1.93 bits per heavy atom. The first kappa shape index (κ1) is 18.6. The van der Waals surface area contributed by atoms with Crippen LogP contribution in [0, 0.1) is 6.92 Å². The van der Waals surface area contributed by atoms with Crippen molar-refractivity contribution in [3.8, 4) is 11.4 Å². The van der Waals surface area contributed by atoms with E-state index in [1.807, 2.05) is 18.2 Å². The van der Waals surface area contributed by atoms with Crippen molar-refractivity contribution in [2.45, 2.75) is 12.8 Å². The Labute approximate surface area is 167 Å². The Hall–Kier alpha value is -3.74. The predicted molar refractivity (Wildman–Crippen MR) is 110 cm³/mol. The average molecular weight is 388 g/mol. The number of aromatic amines is 1. The van der Waals surface area contributed by atoms with Crippen LogP contribution in [-0.4, -0.2) is 40.3 Å². The summed E-state index contributed by atoms with van der Waals surface area (Å²) in [4.78, 5) is 45.7. The average Bonchev–Trinajstić information content (AvgIpc) is 2.70. The van der Waals surface area contributed by atoms with Crippen LogP contribution in [-0.2, 0) is 4.79 Å². The zero-order chi connectivity index (χ0) is 20.5. The Kier molecular flexibility index (Phi) is 4.72. The third-order valence-corrected chi connectivity index (χ3v) is 4.96. The molecule has 0 bridgehead atoms.